The van der Waals surface area contributed by atoms with Crippen LogP contribution in [0.4, 0.5) is 0 Å². The zero-order chi connectivity index (χ0) is 20.9. The van der Waals surface area contributed by atoms with Gasteiger partial charge < -0.3 is 10.2 Å². The van der Waals surface area contributed by atoms with Crippen molar-refractivity contribution in [3.8, 4) is 10.4 Å². The molecule has 30 heavy (non-hydrogen) atoms. The largest absolute Gasteiger partial charge is 0.356 e. The van der Waals surface area contributed by atoms with Crippen molar-refractivity contribution in [2.45, 2.75) is 32.6 Å². The number of benzene rings is 1. The molecule has 0 bridgehead atoms. The predicted octanol–water partition coefficient (Wildman–Crippen LogP) is 4.73. The Balaban J connectivity index is 1.41. The maximum atomic E-state index is 13.0. The van der Waals surface area contributed by atoms with Crippen molar-refractivity contribution in [2.75, 3.05) is 19.6 Å². The maximum absolute atomic E-state index is 13.0. The molecule has 4 rings (SSSR count). The highest BCUT2D eigenvalue weighted by molar-refractivity contribution is 7.17. The maximum Gasteiger partial charge on any atom is 0.263 e. The molecular formula is C24H27N3O2S. The number of unbranched alkanes of at least 4 members (excludes halogenated alkanes) is 1. The van der Waals surface area contributed by atoms with Gasteiger partial charge in [-0.15, -0.1) is 11.3 Å². The van der Waals surface area contributed by atoms with Crippen molar-refractivity contribution < 1.29 is 9.59 Å². The highest BCUT2D eigenvalue weighted by Crippen LogP contribution is 2.33. The third kappa shape index (κ3) is 4.38. The molecule has 5 nitrogen and oxygen atoms in total. The van der Waals surface area contributed by atoms with Crippen molar-refractivity contribution >= 4 is 34.1 Å². The molecule has 0 radical (unpaired) electrons. The number of carbonyl (C=O) groups is 2. The summed E-state index contributed by atoms with van der Waals surface area (Å²) in [5.74, 6) is 0.216. The van der Waals surface area contributed by atoms with E-state index in [0.29, 0.717) is 13.1 Å². The van der Waals surface area contributed by atoms with Gasteiger partial charge in [0.25, 0.3) is 5.91 Å². The number of rotatable bonds is 6. The zero-order valence-electron chi connectivity index (χ0n) is 17.3. The Kier molecular flexibility index (Phi) is 6.43. The third-order valence-corrected chi connectivity index (χ3v) is 6.80. The number of carbonyl (C=O) groups excluding carboxylic acids is 2. The molecule has 1 aromatic carbocycles. The first-order valence-electron chi connectivity index (χ1n) is 10.7. The van der Waals surface area contributed by atoms with Crippen molar-refractivity contribution in [1.29, 1.82) is 0 Å². The number of pyridine rings is 1. The molecule has 0 spiro atoms. The molecule has 0 unspecified atom stereocenters. The lowest BCUT2D eigenvalue weighted by Crippen LogP contribution is -2.43. The van der Waals surface area contributed by atoms with E-state index >= 15 is 0 Å². The van der Waals surface area contributed by atoms with Gasteiger partial charge in [0, 0.05) is 47.6 Å². The van der Waals surface area contributed by atoms with Crippen LogP contribution in [-0.4, -0.2) is 41.3 Å². The van der Waals surface area contributed by atoms with Crippen molar-refractivity contribution in [3.05, 3.63) is 53.5 Å². The van der Waals surface area contributed by atoms with Crippen LogP contribution in [0.5, 0.6) is 0 Å². The van der Waals surface area contributed by atoms with Gasteiger partial charge in [-0.3, -0.25) is 14.6 Å². The fraction of sp³-hybridized carbons (Fsp3) is 0.375. The Labute approximate surface area is 181 Å². The standard InChI is InChI=1S/C24H27N3O2S/c1-2-3-13-26-23(28)18-11-15-27(16-12-18)24(29)21-10-9-20(30-21)19-8-4-6-17-7-5-14-25-22(17)19/h4-10,14,18H,2-3,11-13,15-16H2,1H3,(H,26,28). The lowest BCUT2D eigenvalue weighted by Gasteiger charge is -2.31. The summed E-state index contributed by atoms with van der Waals surface area (Å²) in [6, 6.07) is 14.0. The van der Waals surface area contributed by atoms with Gasteiger partial charge in [-0.05, 0) is 37.5 Å². The molecule has 3 heterocycles. The van der Waals surface area contributed by atoms with E-state index in [9.17, 15) is 9.59 Å². The van der Waals surface area contributed by atoms with Crippen LogP contribution in [-0.2, 0) is 4.79 Å². The molecule has 0 aliphatic carbocycles. The molecule has 0 atom stereocenters. The van der Waals surface area contributed by atoms with E-state index < -0.39 is 0 Å². The minimum Gasteiger partial charge on any atom is -0.356 e. The first kappa shape index (κ1) is 20.5. The van der Waals surface area contributed by atoms with Crippen LogP contribution < -0.4 is 5.32 Å². The van der Waals surface area contributed by atoms with E-state index in [2.05, 4.69) is 23.3 Å². The minimum atomic E-state index is 0.0200. The number of fused-ring (bicyclic) bond motifs is 1. The highest BCUT2D eigenvalue weighted by Gasteiger charge is 2.28. The molecular weight excluding hydrogens is 394 g/mol. The van der Waals surface area contributed by atoms with Crippen LogP contribution in [0.3, 0.4) is 0 Å². The second-order valence-electron chi connectivity index (χ2n) is 7.76. The van der Waals surface area contributed by atoms with Crippen LogP contribution in [0.25, 0.3) is 21.3 Å². The summed E-state index contributed by atoms with van der Waals surface area (Å²) in [5, 5.41) is 4.11. The first-order chi connectivity index (χ1) is 14.7. The number of amides is 2. The monoisotopic (exact) mass is 421 g/mol. The summed E-state index contributed by atoms with van der Waals surface area (Å²) in [5.41, 5.74) is 2.01. The quantitative estimate of drug-likeness (QED) is 0.585. The average molecular weight is 422 g/mol. The number of nitrogens with zero attached hydrogens (tertiary/aromatic N) is 2. The molecule has 3 aromatic rings. The van der Waals surface area contributed by atoms with E-state index in [1.807, 2.05) is 41.3 Å². The van der Waals surface area contributed by atoms with Gasteiger partial charge in [-0.2, -0.15) is 0 Å². The predicted molar refractivity (Wildman–Crippen MR) is 122 cm³/mol. The molecule has 1 fully saturated rings. The molecule has 6 heteroatoms. The van der Waals surface area contributed by atoms with E-state index in [-0.39, 0.29) is 17.7 Å². The number of hydrogen-bond acceptors (Lipinski definition) is 4. The normalized spacial score (nSPS) is 14.8. The number of nitrogens with one attached hydrogen (secondary N) is 1. The summed E-state index contributed by atoms with van der Waals surface area (Å²) in [7, 11) is 0. The van der Waals surface area contributed by atoms with Gasteiger partial charge in [-0.25, -0.2) is 0 Å². The first-order valence-corrected chi connectivity index (χ1v) is 11.5. The molecule has 1 N–H and O–H groups in total. The summed E-state index contributed by atoms with van der Waals surface area (Å²) in [4.78, 5) is 33.5. The Morgan fingerprint density at radius 1 is 1.13 bits per heavy atom. The Bertz CT molecular complexity index is 1030. The number of thiophene rings is 1. The Hall–Kier alpha value is -2.73. The van der Waals surface area contributed by atoms with Crippen LogP contribution in [0.15, 0.2) is 48.7 Å². The van der Waals surface area contributed by atoms with Crippen LogP contribution in [0.1, 0.15) is 42.3 Å². The second kappa shape index (κ2) is 9.39. The molecule has 0 saturated carbocycles. The molecule has 2 aromatic heterocycles. The van der Waals surface area contributed by atoms with Crippen molar-refractivity contribution in [1.82, 2.24) is 15.2 Å². The molecule has 2 amide bonds. The zero-order valence-corrected chi connectivity index (χ0v) is 18.1. The summed E-state index contributed by atoms with van der Waals surface area (Å²) < 4.78 is 0. The number of likely N-dealkylation sites (tertiary alicyclic amines) is 1. The molecule has 1 aliphatic rings. The summed E-state index contributed by atoms with van der Waals surface area (Å²) in [6.07, 6.45) is 5.35. The van der Waals surface area contributed by atoms with Gasteiger partial charge in [0.2, 0.25) is 5.91 Å². The third-order valence-electron chi connectivity index (χ3n) is 5.70. The van der Waals surface area contributed by atoms with Gasteiger partial charge >= 0.3 is 0 Å². The van der Waals surface area contributed by atoms with Gasteiger partial charge in [0.05, 0.1) is 10.4 Å². The average Bonchev–Trinajstić information content (AvgIpc) is 3.28. The Morgan fingerprint density at radius 2 is 1.93 bits per heavy atom. The fourth-order valence-electron chi connectivity index (χ4n) is 3.93. The number of para-hydroxylation sites is 1. The van der Waals surface area contributed by atoms with E-state index in [0.717, 1.165) is 58.4 Å². The Morgan fingerprint density at radius 3 is 2.73 bits per heavy atom. The van der Waals surface area contributed by atoms with Crippen LogP contribution in [0, 0.1) is 5.92 Å². The summed E-state index contributed by atoms with van der Waals surface area (Å²) in [6.45, 7) is 4.13. The van der Waals surface area contributed by atoms with Crippen LogP contribution in [0.2, 0.25) is 0 Å². The molecule has 1 aliphatic heterocycles. The smallest absolute Gasteiger partial charge is 0.263 e. The van der Waals surface area contributed by atoms with Gasteiger partial charge in [0.15, 0.2) is 0 Å². The van der Waals surface area contributed by atoms with Gasteiger partial charge in [-0.1, -0.05) is 37.6 Å². The highest BCUT2D eigenvalue weighted by atomic mass is 32.1. The van der Waals surface area contributed by atoms with Crippen LogP contribution >= 0.6 is 11.3 Å². The lowest BCUT2D eigenvalue weighted by molar-refractivity contribution is -0.126. The minimum absolute atomic E-state index is 0.0200. The van der Waals surface area contributed by atoms with Crippen molar-refractivity contribution in [3.63, 3.8) is 0 Å². The molecule has 1 saturated heterocycles. The summed E-state index contributed by atoms with van der Waals surface area (Å²) >= 11 is 1.51. The number of piperidine rings is 1. The van der Waals surface area contributed by atoms with E-state index in [1.165, 1.54) is 11.3 Å². The van der Waals surface area contributed by atoms with Gasteiger partial charge in [0.1, 0.15) is 0 Å². The second-order valence-corrected chi connectivity index (χ2v) is 8.84. The van der Waals surface area contributed by atoms with E-state index in [1.54, 1.807) is 6.20 Å². The fourth-order valence-corrected chi connectivity index (χ4v) is 4.93. The van der Waals surface area contributed by atoms with Crippen molar-refractivity contribution in [2.24, 2.45) is 5.92 Å². The number of hydrogen-bond donors (Lipinski definition) is 1. The SMILES string of the molecule is CCCCNC(=O)C1CCN(C(=O)c2ccc(-c3cccc4cccnc34)s2)CC1. The van der Waals surface area contributed by atoms with E-state index in [4.69, 9.17) is 0 Å². The lowest BCUT2D eigenvalue weighted by atomic mass is 9.95. The molecule has 156 valence electrons. The topological polar surface area (TPSA) is 62.3 Å². The number of aromatic nitrogens is 1.